The molecule has 1 fully saturated rings. The van der Waals surface area contributed by atoms with Crippen molar-refractivity contribution in [2.45, 2.75) is 59.9 Å². The van der Waals surface area contributed by atoms with Crippen molar-refractivity contribution in [1.82, 2.24) is 5.32 Å². The van der Waals surface area contributed by atoms with Crippen LogP contribution in [-0.2, 0) is 4.79 Å². The summed E-state index contributed by atoms with van der Waals surface area (Å²) in [6.45, 7) is 11.9. The molecule has 3 heteroatoms. The fourth-order valence-electron chi connectivity index (χ4n) is 3.34. The van der Waals surface area contributed by atoms with Gasteiger partial charge in [0.05, 0.1) is 5.92 Å². The summed E-state index contributed by atoms with van der Waals surface area (Å²) in [4.78, 5) is 12.3. The SMILES string of the molecule is CC(C)C(CNC(=O)C1CCCC(C)C1N)C(C)C. The Hall–Kier alpha value is -0.570. The van der Waals surface area contributed by atoms with Crippen LogP contribution < -0.4 is 11.1 Å². The lowest BCUT2D eigenvalue weighted by atomic mass is 9.77. The normalized spacial score (nSPS) is 28.2. The molecule has 3 nitrogen and oxygen atoms in total. The number of hydrogen-bond acceptors (Lipinski definition) is 2. The molecule has 1 amide bonds. The van der Waals surface area contributed by atoms with Gasteiger partial charge in [-0.1, -0.05) is 41.0 Å². The van der Waals surface area contributed by atoms with Gasteiger partial charge in [0.15, 0.2) is 0 Å². The summed E-state index contributed by atoms with van der Waals surface area (Å²) in [5, 5.41) is 3.15. The van der Waals surface area contributed by atoms with E-state index in [-0.39, 0.29) is 17.9 Å². The summed E-state index contributed by atoms with van der Waals surface area (Å²) in [5.74, 6) is 2.39. The van der Waals surface area contributed by atoms with Gasteiger partial charge >= 0.3 is 0 Å². The summed E-state index contributed by atoms with van der Waals surface area (Å²) < 4.78 is 0. The molecule has 0 aliphatic heterocycles. The van der Waals surface area contributed by atoms with Crippen LogP contribution in [0.25, 0.3) is 0 Å². The fraction of sp³-hybridized carbons (Fsp3) is 0.938. The molecule has 19 heavy (non-hydrogen) atoms. The van der Waals surface area contributed by atoms with Gasteiger partial charge in [0.2, 0.25) is 5.91 Å². The average molecular weight is 268 g/mol. The molecule has 0 aromatic heterocycles. The number of carbonyl (C=O) groups is 1. The molecule has 0 spiro atoms. The van der Waals surface area contributed by atoms with E-state index < -0.39 is 0 Å². The minimum Gasteiger partial charge on any atom is -0.356 e. The molecule has 112 valence electrons. The Labute approximate surface area is 118 Å². The summed E-state index contributed by atoms with van der Waals surface area (Å²) in [5.41, 5.74) is 6.19. The van der Waals surface area contributed by atoms with Gasteiger partial charge < -0.3 is 11.1 Å². The Bertz CT molecular complexity index is 280. The minimum absolute atomic E-state index is 0.0173. The molecule has 1 aliphatic carbocycles. The second kappa shape index (κ2) is 7.28. The zero-order chi connectivity index (χ0) is 14.6. The largest absolute Gasteiger partial charge is 0.356 e. The van der Waals surface area contributed by atoms with Gasteiger partial charge in [-0.05, 0) is 36.5 Å². The van der Waals surface area contributed by atoms with E-state index in [1.807, 2.05) is 0 Å². The molecule has 1 rings (SSSR count). The van der Waals surface area contributed by atoms with Gasteiger partial charge in [0, 0.05) is 12.6 Å². The smallest absolute Gasteiger partial charge is 0.224 e. The van der Waals surface area contributed by atoms with Crippen LogP contribution in [0.2, 0.25) is 0 Å². The van der Waals surface area contributed by atoms with Crippen LogP contribution in [0.1, 0.15) is 53.9 Å². The number of amides is 1. The third kappa shape index (κ3) is 4.48. The summed E-state index contributed by atoms with van der Waals surface area (Å²) >= 11 is 0. The molecule has 3 atom stereocenters. The van der Waals surface area contributed by atoms with Crippen molar-refractivity contribution >= 4 is 5.91 Å². The van der Waals surface area contributed by atoms with Crippen molar-refractivity contribution < 1.29 is 4.79 Å². The number of nitrogens with two attached hydrogens (primary N) is 1. The van der Waals surface area contributed by atoms with E-state index in [0.29, 0.717) is 23.7 Å². The molecular formula is C16H32N2O. The molecule has 0 heterocycles. The van der Waals surface area contributed by atoms with Gasteiger partial charge in [-0.2, -0.15) is 0 Å². The maximum absolute atomic E-state index is 12.3. The topological polar surface area (TPSA) is 55.1 Å². The number of rotatable bonds is 5. The number of hydrogen-bond donors (Lipinski definition) is 2. The van der Waals surface area contributed by atoms with Crippen LogP contribution in [0.15, 0.2) is 0 Å². The van der Waals surface area contributed by atoms with Gasteiger partial charge in [0.25, 0.3) is 0 Å². The first kappa shape index (κ1) is 16.5. The molecule has 0 aromatic rings. The standard InChI is InChI=1S/C16H32N2O/c1-10(2)14(11(3)4)9-18-16(19)13-8-6-7-12(5)15(13)17/h10-15H,6-9,17H2,1-5H3,(H,18,19). The second-order valence-electron chi connectivity index (χ2n) is 6.99. The van der Waals surface area contributed by atoms with Crippen molar-refractivity contribution in [2.24, 2.45) is 35.3 Å². The Morgan fingerprint density at radius 3 is 2.32 bits per heavy atom. The quantitative estimate of drug-likeness (QED) is 0.805. The third-order valence-corrected chi connectivity index (χ3v) is 4.86. The second-order valence-corrected chi connectivity index (χ2v) is 6.99. The lowest BCUT2D eigenvalue weighted by molar-refractivity contribution is -0.127. The van der Waals surface area contributed by atoms with Crippen molar-refractivity contribution in [2.75, 3.05) is 6.54 Å². The Balaban J connectivity index is 2.50. The zero-order valence-electron chi connectivity index (χ0n) is 13.3. The van der Waals surface area contributed by atoms with E-state index in [1.54, 1.807) is 0 Å². The maximum atomic E-state index is 12.3. The Morgan fingerprint density at radius 1 is 1.21 bits per heavy atom. The lowest BCUT2D eigenvalue weighted by Crippen LogP contribution is -2.48. The average Bonchev–Trinajstić information content (AvgIpc) is 2.31. The van der Waals surface area contributed by atoms with E-state index in [9.17, 15) is 4.79 Å². The van der Waals surface area contributed by atoms with Crippen LogP contribution >= 0.6 is 0 Å². The monoisotopic (exact) mass is 268 g/mol. The molecule has 0 radical (unpaired) electrons. The van der Waals surface area contributed by atoms with E-state index in [4.69, 9.17) is 5.73 Å². The molecule has 3 N–H and O–H groups in total. The molecule has 1 aliphatic rings. The molecule has 1 saturated carbocycles. The predicted molar refractivity (Wildman–Crippen MR) is 80.7 cm³/mol. The molecule has 3 unspecified atom stereocenters. The highest BCUT2D eigenvalue weighted by Gasteiger charge is 2.33. The van der Waals surface area contributed by atoms with Gasteiger partial charge in [-0.25, -0.2) is 0 Å². The highest BCUT2D eigenvalue weighted by atomic mass is 16.1. The Morgan fingerprint density at radius 2 is 1.79 bits per heavy atom. The Kier molecular flexibility index (Phi) is 6.31. The van der Waals surface area contributed by atoms with Crippen molar-refractivity contribution in [3.05, 3.63) is 0 Å². The number of carbonyl (C=O) groups excluding carboxylic acids is 1. The summed E-state index contributed by atoms with van der Waals surface area (Å²) in [6.07, 6.45) is 3.24. The van der Waals surface area contributed by atoms with Crippen molar-refractivity contribution in [1.29, 1.82) is 0 Å². The third-order valence-electron chi connectivity index (χ3n) is 4.86. The van der Waals surface area contributed by atoms with Gasteiger partial charge in [-0.15, -0.1) is 0 Å². The first-order valence-corrected chi connectivity index (χ1v) is 7.87. The van der Waals surface area contributed by atoms with E-state index in [1.165, 1.54) is 0 Å². The summed E-state index contributed by atoms with van der Waals surface area (Å²) in [7, 11) is 0. The first-order chi connectivity index (χ1) is 8.84. The van der Waals surface area contributed by atoms with Crippen molar-refractivity contribution in [3.63, 3.8) is 0 Å². The van der Waals surface area contributed by atoms with Crippen molar-refractivity contribution in [3.8, 4) is 0 Å². The molecule has 0 saturated heterocycles. The van der Waals surface area contributed by atoms with E-state index in [2.05, 4.69) is 39.9 Å². The summed E-state index contributed by atoms with van der Waals surface area (Å²) in [6, 6.07) is 0.0327. The minimum atomic E-state index is 0.0173. The first-order valence-electron chi connectivity index (χ1n) is 7.87. The highest BCUT2D eigenvalue weighted by Crippen LogP contribution is 2.28. The predicted octanol–water partition coefficient (Wildman–Crippen LogP) is 2.79. The van der Waals surface area contributed by atoms with Crippen LogP contribution in [0.5, 0.6) is 0 Å². The van der Waals surface area contributed by atoms with E-state index in [0.717, 1.165) is 25.8 Å². The van der Waals surface area contributed by atoms with Gasteiger partial charge in [0.1, 0.15) is 0 Å². The zero-order valence-corrected chi connectivity index (χ0v) is 13.3. The lowest BCUT2D eigenvalue weighted by Gasteiger charge is -2.33. The molecule has 0 aromatic carbocycles. The maximum Gasteiger partial charge on any atom is 0.224 e. The van der Waals surface area contributed by atoms with Crippen LogP contribution in [0, 0.1) is 29.6 Å². The van der Waals surface area contributed by atoms with Gasteiger partial charge in [-0.3, -0.25) is 4.79 Å². The molecular weight excluding hydrogens is 236 g/mol. The fourth-order valence-corrected chi connectivity index (χ4v) is 3.34. The van der Waals surface area contributed by atoms with Crippen LogP contribution in [0.4, 0.5) is 0 Å². The molecule has 0 bridgehead atoms. The van der Waals surface area contributed by atoms with Crippen LogP contribution in [-0.4, -0.2) is 18.5 Å². The van der Waals surface area contributed by atoms with Crippen LogP contribution in [0.3, 0.4) is 0 Å². The van der Waals surface area contributed by atoms with E-state index >= 15 is 0 Å². The highest BCUT2D eigenvalue weighted by molar-refractivity contribution is 5.79. The number of nitrogens with one attached hydrogen (secondary N) is 1.